The summed E-state index contributed by atoms with van der Waals surface area (Å²) in [6.07, 6.45) is 0.655. The van der Waals surface area contributed by atoms with Crippen molar-refractivity contribution in [3.05, 3.63) is 28.5 Å². The molecule has 0 bridgehead atoms. The maximum atomic E-state index is 11.6. The van der Waals surface area contributed by atoms with Gasteiger partial charge in [-0.15, -0.1) is 11.6 Å². The van der Waals surface area contributed by atoms with Gasteiger partial charge in [0.05, 0.1) is 16.4 Å². The van der Waals surface area contributed by atoms with Crippen LogP contribution in [0.1, 0.15) is 19.7 Å². The molecule has 0 atom stereocenters. The number of primary amides is 1. The van der Waals surface area contributed by atoms with Crippen molar-refractivity contribution in [1.82, 2.24) is 9.55 Å². The number of fused-ring (bicyclic) bond motifs is 1. The van der Waals surface area contributed by atoms with E-state index in [1.165, 1.54) is 0 Å². The summed E-state index contributed by atoms with van der Waals surface area (Å²) < 4.78 is 3.01. The highest BCUT2D eigenvalue weighted by molar-refractivity contribution is 9.10. The highest BCUT2D eigenvalue weighted by atomic mass is 79.9. The zero-order valence-electron chi connectivity index (χ0n) is 11.5. The number of hydrogen-bond acceptors (Lipinski definition) is 2. The van der Waals surface area contributed by atoms with Crippen LogP contribution in [0.3, 0.4) is 0 Å². The number of nitrogens with zero attached hydrogens (tertiary/aromatic N) is 2. The van der Waals surface area contributed by atoms with Crippen molar-refractivity contribution < 1.29 is 4.79 Å². The van der Waals surface area contributed by atoms with Crippen LogP contribution in [0.25, 0.3) is 11.0 Å². The van der Waals surface area contributed by atoms with Crippen LogP contribution in [-0.4, -0.2) is 21.3 Å². The molecule has 0 saturated carbocycles. The molecule has 1 heterocycles. The second kappa shape index (κ2) is 5.74. The number of carbonyl (C=O) groups excluding carboxylic acids is 1. The number of rotatable bonds is 5. The number of imidazole rings is 1. The lowest BCUT2D eigenvalue weighted by Gasteiger charge is -2.22. The Balaban J connectivity index is 2.54. The average Bonchev–Trinajstić information content (AvgIpc) is 2.66. The van der Waals surface area contributed by atoms with Gasteiger partial charge in [0.15, 0.2) is 0 Å². The van der Waals surface area contributed by atoms with E-state index in [1.807, 2.05) is 36.6 Å². The van der Waals surface area contributed by atoms with Crippen molar-refractivity contribution in [2.24, 2.45) is 11.1 Å². The van der Waals surface area contributed by atoms with Gasteiger partial charge in [0.1, 0.15) is 5.82 Å². The van der Waals surface area contributed by atoms with Crippen molar-refractivity contribution in [3.63, 3.8) is 0 Å². The van der Waals surface area contributed by atoms with E-state index in [1.54, 1.807) is 0 Å². The van der Waals surface area contributed by atoms with Gasteiger partial charge in [0.25, 0.3) is 0 Å². The number of aryl methyl sites for hydroxylation is 1. The highest BCUT2D eigenvalue weighted by Gasteiger charge is 2.27. The fourth-order valence-corrected chi connectivity index (χ4v) is 2.60. The van der Waals surface area contributed by atoms with Gasteiger partial charge >= 0.3 is 0 Å². The number of benzene rings is 1. The lowest BCUT2D eigenvalue weighted by molar-refractivity contribution is -0.126. The second-order valence-corrected chi connectivity index (χ2v) is 6.73. The van der Waals surface area contributed by atoms with Crippen LogP contribution in [0.15, 0.2) is 22.7 Å². The third-order valence-corrected chi connectivity index (χ3v) is 4.01. The van der Waals surface area contributed by atoms with Gasteiger partial charge in [-0.1, -0.05) is 15.9 Å². The molecule has 1 aromatic heterocycles. The number of nitrogens with two attached hydrogens (primary N) is 1. The monoisotopic (exact) mass is 357 g/mol. The van der Waals surface area contributed by atoms with Crippen LogP contribution in [0, 0.1) is 5.41 Å². The molecule has 0 saturated heterocycles. The smallest absolute Gasteiger partial charge is 0.224 e. The molecule has 4 nitrogen and oxygen atoms in total. The summed E-state index contributed by atoms with van der Waals surface area (Å²) in [6, 6.07) is 5.91. The first-order valence-electron chi connectivity index (χ1n) is 6.35. The summed E-state index contributed by atoms with van der Waals surface area (Å²) in [5.74, 6) is 1.04. The van der Waals surface area contributed by atoms with Gasteiger partial charge in [0.2, 0.25) is 5.91 Å². The maximum absolute atomic E-state index is 11.6. The van der Waals surface area contributed by atoms with Crippen molar-refractivity contribution in [2.45, 2.75) is 26.8 Å². The lowest BCUT2D eigenvalue weighted by Crippen LogP contribution is -2.35. The Morgan fingerprint density at radius 3 is 2.80 bits per heavy atom. The van der Waals surface area contributed by atoms with Crippen LogP contribution in [0.4, 0.5) is 0 Å². The molecule has 0 spiro atoms. The Hall–Kier alpha value is -1.07. The largest absolute Gasteiger partial charge is 0.369 e. The van der Waals surface area contributed by atoms with E-state index in [0.29, 0.717) is 18.8 Å². The molecular formula is C14H17BrClN3O. The molecule has 0 aliphatic heterocycles. The van der Waals surface area contributed by atoms with Gasteiger partial charge < -0.3 is 10.3 Å². The molecule has 0 radical (unpaired) electrons. The predicted octanol–water partition coefficient (Wildman–Crippen LogP) is 3.09. The van der Waals surface area contributed by atoms with Gasteiger partial charge in [-0.3, -0.25) is 4.79 Å². The molecular weight excluding hydrogens is 342 g/mol. The normalized spacial score (nSPS) is 12.0. The van der Waals surface area contributed by atoms with Crippen LogP contribution < -0.4 is 5.73 Å². The third kappa shape index (κ3) is 2.99. The SMILES string of the molecule is CC(C)(Cn1c(CCCl)nc2cc(Br)ccc21)C(N)=O. The van der Waals surface area contributed by atoms with E-state index >= 15 is 0 Å². The quantitative estimate of drug-likeness (QED) is 0.835. The molecule has 6 heteroatoms. The Morgan fingerprint density at radius 2 is 2.20 bits per heavy atom. The van der Waals surface area contributed by atoms with Gasteiger partial charge in [-0.25, -0.2) is 4.98 Å². The Labute approximate surface area is 131 Å². The summed E-state index contributed by atoms with van der Waals surface area (Å²) in [7, 11) is 0. The minimum absolute atomic E-state index is 0.326. The molecule has 0 unspecified atom stereocenters. The molecule has 1 amide bonds. The molecule has 2 aromatic rings. The van der Waals surface area contributed by atoms with E-state index in [4.69, 9.17) is 17.3 Å². The Bertz CT molecular complexity index is 651. The third-order valence-electron chi connectivity index (χ3n) is 3.33. The molecule has 0 aliphatic rings. The number of alkyl halides is 1. The van der Waals surface area contributed by atoms with E-state index in [2.05, 4.69) is 20.9 Å². The minimum atomic E-state index is -0.637. The standard InChI is InChI=1S/C14H17BrClN3O/c1-14(2,13(17)20)8-19-11-4-3-9(15)7-10(11)18-12(19)5-6-16/h3-4,7H,5-6,8H2,1-2H3,(H2,17,20). The van der Waals surface area contributed by atoms with Crippen LogP contribution >= 0.6 is 27.5 Å². The van der Waals surface area contributed by atoms with Crippen LogP contribution in [-0.2, 0) is 17.8 Å². The fourth-order valence-electron chi connectivity index (χ4n) is 2.08. The maximum Gasteiger partial charge on any atom is 0.224 e. The summed E-state index contributed by atoms with van der Waals surface area (Å²) in [6.45, 7) is 4.17. The molecule has 0 fully saturated rings. The van der Waals surface area contributed by atoms with Crippen LogP contribution in [0.5, 0.6) is 0 Å². The number of hydrogen-bond donors (Lipinski definition) is 1. The minimum Gasteiger partial charge on any atom is -0.369 e. The Morgan fingerprint density at radius 1 is 1.50 bits per heavy atom. The van der Waals surface area contributed by atoms with Crippen molar-refractivity contribution in [3.8, 4) is 0 Å². The van der Waals surface area contributed by atoms with E-state index in [0.717, 1.165) is 21.3 Å². The van der Waals surface area contributed by atoms with Crippen molar-refractivity contribution in [2.75, 3.05) is 5.88 Å². The zero-order chi connectivity index (χ0) is 14.9. The zero-order valence-corrected chi connectivity index (χ0v) is 13.8. The predicted molar refractivity (Wildman–Crippen MR) is 84.8 cm³/mol. The number of halogens is 2. The van der Waals surface area contributed by atoms with Gasteiger partial charge in [0, 0.05) is 23.3 Å². The number of amides is 1. The summed E-state index contributed by atoms with van der Waals surface area (Å²) in [5, 5.41) is 0. The van der Waals surface area contributed by atoms with E-state index in [-0.39, 0.29) is 5.91 Å². The number of carbonyl (C=O) groups is 1. The summed E-state index contributed by atoms with van der Waals surface area (Å²) in [5.41, 5.74) is 6.71. The number of aromatic nitrogens is 2. The molecule has 2 rings (SSSR count). The first-order valence-corrected chi connectivity index (χ1v) is 7.68. The fraction of sp³-hybridized carbons (Fsp3) is 0.429. The summed E-state index contributed by atoms with van der Waals surface area (Å²) >= 11 is 9.29. The van der Waals surface area contributed by atoms with Crippen LogP contribution in [0.2, 0.25) is 0 Å². The molecule has 108 valence electrons. The summed E-state index contributed by atoms with van der Waals surface area (Å²) in [4.78, 5) is 16.2. The van der Waals surface area contributed by atoms with E-state index < -0.39 is 5.41 Å². The first-order chi connectivity index (χ1) is 9.35. The molecule has 1 aromatic carbocycles. The lowest BCUT2D eigenvalue weighted by atomic mass is 9.92. The first kappa shape index (κ1) is 15.3. The van der Waals surface area contributed by atoms with Crippen molar-refractivity contribution in [1.29, 1.82) is 0 Å². The van der Waals surface area contributed by atoms with Gasteiger partial charge in [-0.2, -0.15) is 0 Å². The molecule has 0 aliphatic carbocycles. The van der Waals surface area contributed by atoms with Crippen molar-refractivity contribution >= 4 is 44.5 Å². The topological polar surface area (TPSA) is 60.9 Å². The second-order valence-electron chi connectivity index (χ2n) is 5.43. The van der Waals surface area contributed by atoms with Gasteiger partial charge in [-0.05, 0) is 32.0 Å². The van der Waals surface area contributed by atoms with E-state index in [9.17, 15) is 4.79 Å². The average molecular weight is 359 g/mol. The Kier molecular flexibility index (Phi) is 4.39. The molecule has 2 N–H and O–H groups in total. The highest BCUT2D eigenvalue weighted by Crippen LogP contribution is 2.26. The molecule has 20 heavy (non-hydrogen) atoms.